The van der Waals surface area contributed by atoms with Gasteiger partial charge in [-0.05, 0) is 56.8 Å². The molecule has 19 heavy (non-hydrogen) atoms. The number of allylic oxidation sites excluding steroid dienone is 1. The van der Waals surface area contributed by atoms with Gasteiger partial charge in [0.15, 0.2) is 0 Å². The average Bonchev–Trinajstić information content (AvgIpc) is 2.36. The molecule has 104 valence electrons. The fourth-order valence-corrected chi connectivity index (χ4v) is 3.06. The molecule has 0 amide bonds. The summed E-state index contributed by atoms with van der Waals surface area (Å²) in [5, 5.41) is 4.31. The zero-order valence-electron chi connectivity index (χ0n) is 11.8. The fraction of sp³-hybridized carbons (Fsp3) is 0.529. The largest absolute Gasteiger partial charge is 0.313 e. The number of likely N-dealkylation sites (N-methyl/N-ethyl adjacent to an activating group) is 1. The van der Waals surface area contributed by atoms with E-state index in [9.17, 15) is 0 Å². The lowest BCUT2D eigenvalue weighted by molar-refractivity contribution is 0.557. The third kappa shape index (κ3) is 4.67. The summed E-state index contributed by atoms with van der Waals surface area (Å²) < 4.78 is 0. The van der Waals surface area contributed by atoms with Crippen LogP contribution in [-0.4, -0.2) is 13.1 Å². The molecular weight excluding hydrogens is 254 g/mol. The first-order chi connectivity index (χ1) is 9.29. The minimum absolute atomic E-state index is 0.455. The Hall–Kier alpha value is -0.790. The number of halogens is 1. The molecular formula is C17H24ClN. The smallest absolute Gasteiger partial charge is 0.0408 e. The molecule has 0 bridgehead atoms. The molecule has 0 aliphatic heterocycles. The molecule has 1 atom stereocenters. The van der Waals surface area contributed by atoms with Gasteiger partial charge in [-0.15, -0.1) is 0 Å². The Bertz CT molecular complexity index is 425. The minimum atomic E-state index is 0.455. The van der Waals surface area contributed by atoms with Crippen LogP contribution in [0, 0.1) is 0 Å². The Morgan fingerprint density at radius 2 is 2.05 bits per heavy atom. The van der Waals surface area contributed by atoms with Crippen molar-refractivity contribution in [1.29, 1.82) is 0 Å². The van der Waals surface area contributed by atoms with Crippen LogP contribution in [-0.2, 0) is 6.42 Å². The van der Waals surface area contributed by atoms with Gasteiger partial charge in [-0.2, -0.15) is 0 Å². The molecule has 0 fully saturated rings. The van der Waals surface area contributed by atoms with Gasteiger partial charge in [-0.25, -0.2) is 0 Å². The maximum atomic E-state index is 6.07. The highest BCUT2D eigenvalue weighted by molar-refractivity contribution is 6.30. The molecule has 1 unspecified atom stereocenters. The van der Waals surface area contributed by atoms with Gasteiger partial charge in [0.2, 0.25) is 0 Å². The van der Waals surface area contributed by atoms with Crippen molar-refractivity contribution >= 4 is 11.6 Å². The molecule has 0 aromatic heterocycles. The predicted molar refractivity (Wildman–Crippen MR) is 83.8 cm³/mol. The molecule has 1 N–H and O–H groups in total. The lowest BCUT2D eigenvalue weighted by Gasteiger charge is -2.22. The van der Waals surface area contributed by atoms with Crippen LogP contribution < -0.4 is 5.32 Å². The highest BCUT2D eigenvalue weighted by Crippen LogP contribution is 2.22. The summed E-state index contributed by atoms with van der Waals surface area (Å²) in [6, 6.07) is 8.68. The zero-order valence-corrected chi connectivity index (χ0v) is 12.5. The van der Waals surface area contributed by atoms with Crippen molar-refractivity contribution in [3.05, 3.63) is 46.5 Å². The summed E-state index contributed by atoms with van der Waals surface area (Å²) in [7, 11) is 2.06. The van der Waals surface area contributed by atoms with Crippen LogP contribution in [0.5, 0.6) is 0 Å². The lowest BCUT2D eigenvalue weighted by Crippen LogP contribution is -2.30. The van der Waals surface area contributed by atoms with Gasteiger partial charge >= 0.3 is 0 Å². The number of benzene rings is 1. The summed E-state index contributed by atoms with van der Waals surface area (Å²) in [6.07, 6.45) is 11.4. The van der Waals surface area contributed by atoms with Crippen molar-refractivity contribution in [3.8, 4) is 0 Å². The SMILES string of the molecule is CNC(Cc1cccc(Cl)c1)/C1=C/CCCCCC1. The predicted octanol–water partition coefficient (Wildman–Crippen LogP) is 4.75. The molecule has 0 radical (unpaired) electrons. The summed E-state index contributed by atoms with van der Waals surface area (Å²) in [5.41, 5.74) is 2.90. The number of hydrogen-bond acceptors (Lipinski definition) is 1. The van der Waals surface area contributed by atoms with E-state index < -0.39 is 0 Å². The van der Waals surface area contributed by atoms with Gasteiger partial charge in [0, 0.05) is 11.1 Å². The molecule has 2 heteroatoms. The summed E-state index contributed by atoms with van der Waals surface area (Å²) >= 11 is 6.07. The highest BCUT2D eigenvalue weighted by Gasteiger charge is 2.14. The van der Waals surface area contributed by atoms with Crippen LogP contribution in [0.1, 0.15) is 44.1 Å². The monoisotopic (exact) mass is 277 g/mol. The van der Waals surface area contributed by atoms with Crippen LogP contribution >= 0.6 is 11.6 Å². The van der Waals surface area contributed by atoms with Gasteiger partial charge in [0.1, 0.15) is 0 Å². The molecule has 0 spiro atoms. The summed E-state index contributed by atoms with van der Waals surface area (Å²) in [6.45, 7) is 0. The average molecular weight is 278 g/mol. The lowest BCUT2D eigenvalue weighted by atomic mass is 9.91. The normalized spacial score (nSPS) is 21.1. The second-order valence-electron chi connectivity index (χ2n) is 5.41. The first-order valence-electron chi connectivity index (χ1n) is 7.40. The molecule has 1 nitrogen and oxygen atoms in total. The molecule has 1 aromatic rings. The van der Waals surface area contributed by atoms with Gasteiger partial charge in [0.05, 0.1) is 0 Å². The van der Waals surface area contributed by atoms with E-state index in [-0.39, 0.29) is 0 Å². The van der Waals surface area contributed by atoms with E-state index in [2.05, 4.69) is 30.6 Å². The molecule has 0 saturated carbocycles. The summed E-state index contributed by atoms with van der Waals surface area (Å²) in [4.78, 5) is 0. The van der Waals surface area contributed by atoms with Crippen molar-refractivity contribution < 1.29 is 0 Å². The maximum Gasteiger partial charge on any atom is 0.0408 e. The maximum absolute atomic E-state index is 6.07. The van der Waals surface area contributed by atoms with Crippen molar-refractivity contribution in [2.75, 3.05) is 7.05 Å². The van der Waals surface area contributed by atoms with E-state index in [1.165, 1.54) is 44.1 Å². The Balaban J connectivity index is 2.06. The topological polar surface area (TPSA) is 12.0 Å². The first-order valence-corrected chi connectivity index (χ1v) is 7.78. The van der Waals surface area contributed by atoms with Crippen LogP contribution in [0.4, 0.5) is 0 Å². The summed E-state index contributed by atoms with van der Waals surface area (Å²) in [5.74, 6) is 0. The molecule has 2 rings (SSSR count). The Labute approximate surface area is 122 Å². The molecule has 1 aliphatic carbocycles. The van der Waals surface area contributed by atoms with Gasteiger partial charge in [-0.3, -0.25) is 0 Å². The van der Waals surface area contributed by atoms with Crippen molar-refractivity contribution in [2.45, 2.75) is 51.0 Å². The van der Waals surface area contributed by atoms with E-state index in [1.54, 1.807) is 5.57 Å². The fourth-order valence-electron chi connectivity index (χ4n) is 2.85. The van der Waals surface area contributed by atoms with Crippen molar-refractivity contribution in [1.82, 2.24) is 5.32 Å². The van der Waals surface area contributed by atoms with E-state index in [0.29, 0.717) is 6.04 Å². The third-order valence-corrected chi connectivity index (χ3v) is 4.19. The van der Waals surface area contributed by atoms with Gasteiger partial charge in [-0.1, -0.05) is 48.2 Å². The van der Waals surface area contributed by atoms with Crippen molar-refractivity contribution in [3.63, 3.8) is 0 Å². The highest BCUT2D eigenvalue weighted by atomic mass is 35.5. The second kappa shape index (κ2) is 7.72. The van der Waals surface area contributed by atoms with Crippen LogP contribution in [0.3, 0.4) is 0 Å². The van der Waals surface area contributed by atoms with Gasteiger partial charge < -0.3 is 5.32 Å². The molecule has 0 heterocycles. The quantitative estimate of drug-likeness (QED) is 0.783. The van der Waals surface area contributed by atoms with Gasteiger partial charge in [0.25, 0.3) is 0 Å². The molecule has 1 aliphatic rings. The van der Waals surface area contributed by atoms with Crippen LogP contribution in [0.2, 0.25) is 5.02 Å². The molecule has 0 saturated heterocycles. The Morgan fingerprint density at radius 3 is 2.84 bits per heavy atom. The van der Waals surface area contributed by atoms with E-state index in [1.807, 2.05) is 12.1 Å². The van der Waals surface area contributed by atoms with Crippen LogP contribution in [0.25, 0.3) is 0 Å². The van der Waals surface area contributed by atoms with E-state index >= 15 is 0 Å². The van der Waals surface area contributed by atoms with E-state index in [0.717, 1.165) is 11.4 Å². The Kier molecular flexibility index (Phi) is 5.93. The standard InChI is InChI=1S/C17H24ClN/c1-19-17(13-14-8-7-11-16(18)12-14)15-9-5-3-2-4-6-10-15/h7-9,11-12,17,19H,2-6,10,13H2,1H3/b15-9+. The van der Waals surface area contributed by atoms with E-state index in [4.69, 9.17) is 11.6 Å². The molecule has 1 aromatic carbocycles. The minimum Gasteiger partial charge on any atom is -0.313 e. The van der Waals surface area contributed by atoms with Crippen LogP contribution in [0.15, 0.2) is 35.9 Å². The number of nitrogens with one attached hydrogen (secondary N) is 1. The number of hydrogen-bond donors (Lipinski definition) is 1. The van der Waals surface area contributed by atoms with Crippen molar-refractivity contribution in [2.24, 2.45) is 0 Å². The first kappa shape index (κ1) is 14.6. The second-order valence-corrected chi connectivity index (χ2v) is 5.84. The number of rotatable bonds is 4. The zero-order chi connectivity index (χ0) is 13.5. The Morgan fingerprint density at radius 1 is 1.21 bits per heavy atom. The third-order valence-electron chi connectivity index (χ3n) is 3.95.